The second-order valence-corrected chi connectivity index (χ2v) is 5.53. The maximum atomic E-state index is 11.9. The third-order valence-electron chi connectivity index (χ3n) is 1.48. The van der Waals surface area contributed by atoms with Crippen LogP contribution in [-0.2, 0) is 13.6 Å². The van der Waals surface area contributed by atoms with E-state index in [0.29, 0.717) is 30.8 Å². The summed E-state index contributed by atoms with van der Waals surface area (Å²) in [7, 11) is -2.88. The Bertz CT molecular complexity index is 214. The van der Waals surface area contributed by atoms with Crippen LogP contribution in [0.15, 0.2) is 11.1 Å². The molecule has 0 aliphatic carbocycles. The van der Waals surface area contributed by atoms with Crippen molar-refractivity contribution in [3.8, 4) is 0 Å². The number of hydrogen-bond acceptors (Lipinski definition) is 3. The van der Waals surface area contributed by atoms with E-state index in [1.807, 2.05) is 6.08 Å². The Morgan fingerprint density at radius 3 is 2.21 bits per heavy atom. The fourth-order valence-corrected chi connectivity index (χ4v) is 2.66. The van der Waals surface area contributed by atoms with Gasteiger partial charge < -0.3 is 9.05 Å². The predicted molar refractivity (Wildman–Crippen MR) is 60.0 cm³/mol. The summed E-state index contributed by atoms with van der Waals surface area (Å²) in [5.41, 5.74) is 0. The lowest BCUT2D eigenvalue weighted by Gasteiger charge is -2.15. The molecule has 0 heterocycles. The van der Waals surface area contributed by atoms with Gasteiger partial charge in [0.05, 0.1) is 19.4 Å². The van der Waals surface area contributed by atoms with Gasteiger partial charge in [-0.15, -0.1) is 0 Å². The van der Waals surface area contributed by atoms with Crippen LogP contribution < -0.4 is 0 Å². The minimum Gasteiger partial charge on any atom is -0.309 e. The van der Waals surface area contributed by atoms with Gasteiger partial charge in [0, 0.05) is 5.03 Å². The van der Waals surface area contributed by atoms with Crippen molar-refractivity contribution in [1.82, 2.24) is 0 Å². The monoisotopic (exact) mass is 240 g/mol. The lowest BCUT2D eigenvalue weighted by atomic mass is 10.4. The highest BCUT2D eigenvalue weighted by Crippen LogP contribution is 2.48. The Labute approximate surface area is 91.0 Å². The van der Waals surface area contributed by atoms with Crippen molar-refractivity contribution in [2.75, 3.05) is 19.4 Å². The lowest BCUT2D eigenvalue weighted by Crippen LogP contribution is -1.99. The maximum absolute atomic E-state index is 11.9. The lowest BCUT2D eigenvalue weighted by molar-refractivity contribution is 0.220. The maximum Gasteiger partial charge on any atom is 0.330 e. The Balaban J connectivity index is 4.09. The number of halogens is 1. The van der Waals surface area contributed by atoms with Crippen LogP contribution in [0.4, 0.5) is 0 Å². The van der Waals surface area contributed by atoms with E-state index in [9.17, 15) is 4.57 Å². The van der Waals surface area contributed by atoms with Gasteiger partial charge in [0.25, 0.3) is 0 Å². The molecule has 0 N–H and O–H groups in total. The van der Waals surface area contributed by atoms with Gasteiger partial charge in [-0.25, -0.2) is 0 Å². The number of allylic oxidation sites excluding steroid dienone is 2. The van der Waals surface area contributed by atoms with Gasteiger partial charge in [0.2, 0.25) is 0 Å². The largest absolute Gasteiger partial charge is 0.330 e. The summed E-state index contributed by atoms with van der Waals surface area (Å²) >= 11 is 5.65. The summed E-state index contributed by atoms with van der Waals surface area (Å²) in [6, 6.07) is 0. The average molecular weight is 241 g/mol. The molecule has 0 radical (unpaired) electrons. The molecule has 0 aromatic carbocycles. The zero-order valence-electron chi connectivity index (χ0n) is 8.96. The summed E-state index contributed by atoms with van der Waals surface area (Å²) in [4.78, 5) is 0. The van der Waals surface area contributed by atoms with Gasteiger partial charge in [0.15, 0.2) is 0 Å². The molecule has 0 bridgehead atoms. The first kappa shape index (κ1) is 14.2. The van der Waals surface area contributed by atoms with Gasteiger partial charge in [-0.2, -0.15) is 0 Å². The van der Waals surface area contributed by atoms with E-state index < -0.39 is 7.60 Å². The van der Waals surface area contributed by atoms with Crippen molar-refractivity contribution in [2.24, 2.45) is 0 Å². The van der Waals surface area contributed by atoms with Crippen molar-refractivity contribution in [1.29, 1.82) is 0 Å². The summed E-state index contributed by atoms with van der Waals surface area (Å²) in [6.45, 7) is 6.19. The van der Waals surface area contributed by atoms with Crippen LogP contribution in [-0.4, -0.2) is 19.4 Å². The smallest absolute Gasteiger partial charge is 0.309 e. The normalized spacial score (nSPS) is 13.3. The van der Waals surface area contributed by atoms with Crippen molar-refractivity contribution < 1.29 is 13.6 Å². The second-order valence-electron chi connectivity index (χ2n) is 2.75. The third-order valence-corrected chi connectivity index (χ3v) is 3.74. The quantitative estimate of drug-likeness (QED) is 0.635. The Kier molecular flexibility index (Phi) is 7.56. The molecule has 0 saturated heterocycles. The Hall–Kier alpha value is 0.180. The van der Waals surface area contributed by atoms with E-state index in [1.165, 1.54) is 0 Å². The van der Waals surface area contributed by atoms with E-state index >= 15 is 0 Å². The van der Waals surface area contributed by atoms with Crippen molar-refractivity contribution in [3.63, 3.8) is 0 Å². The molecule has 0 amide bonds. The molecule has 0 unspecified atom stereocenters. The molecule has 0 atom stereocenters. The zero-order valence-corrected chi connectivity index (χ0v) is 10.6. The van der Waals surface area contributed by atoms with Crippen LogP contribution in [0.3, 0.4) is 0 Å². The molecule has 0 saturated carbocycles. The van der Waals surface area contributed by atoms with E-state index in [2.05, 4.69) is 0 Å². The molecule has 0 fully saturated rings. The number of hydrogen-bond donors (Lipinski definition) is 0. The van der Waals surface area contributed by atoms with E-state index in [4.69, 9.17) is 20.6 Å². The molecule has 84 valence electrons. The molecule has 14 heavy (non-hydrogen) atoms. The molecule has 3 nitrogen and oxygen atoms in total. The average Bonchev–Trinajstić information content (AvgIpc) is 2.03. The van der Waals surface area contributed by atoms with Gasteiger partial charge in [0.1, 0.15) is 0 Å². The minimum atomic E-state index is -2.88. The van der Waals surface area contributed by atoms with Crippen LogP contribution in [0.25, 0.3) is 0 Å². The summed E-state index contributed by atoms with van der Waals surface area (Å²) in [5.74, 6) is 0. The highest BCUT2D eigenvalue weighted by Gasteiger charge is 2.21. The SMILES string of the molecule is CCOP(=O)(CC/C=C(/C)Cl)OCC. The molecule has 0 aliphatic rings. The van der Waals surface area contributed by atoms with Crippen LogP contribution in [0.5, 0.6) is 0 Å². The molecule has 0 rings (SSSR count). The molecule has 0 spiro atoms. The van der Waals surface area contributed by atoms with Gasteiger partial charge in [-0.3, -0.25) is 4.57 Å². The highest BCUT2D eigenvalue weighted by atomic mass is 35.5. The van der Waals surface area contributed by atoms with Crippen LogP contribution in [0, 0.1) is 0 Å². The molecular formula is C9H18ClO3P. The highest BCUT2D eigenvalue weighted by molar-refractivity contribution is 7.53. The van der Waals surface area contributed by atoms with Crippen LogP contribution >= 0.6 is 19.2 Å². The van der Waals surface area contributed by atoms with E-state index in [1.54, 1.807) is 20.8 Å². The van der Waals surface area contributed by atoms with Gasteiger partial charge in [-0.05, 0) is 27.2 Å². The molecule has 0 aliphatic heterocycles. The molecule has 0 aromatic rings. The molecule has 0 aromatic heterocycles. The first-order valence-corrected chi connectivity index (χ1v) is 6.85. The standard InChI is InChI=1S/C9H18ClO3P/c1-4-12-14(11,13-5-2)8-6-7-9(3)10/h7H,4-6,8H2,1-3H3/b9-7-. The second kappa shape index (κ2) is 7.47. The Morgan fingerprint density at radius 1 is 1.36 bits per heavy atom. The van der Waals surface area contributed by atoms with Gasteiger partial charge in [-0.1, -0.05) is 17.7 Å². The first-order valence-electron chi connectivity index (χ1n) is 4.74. The van der Waals surface area contributed by atoms with E-state index in [-0.39, 0.29) is 0 Å². The zero-order chi connectivity index (χ0) is 11.0. The van der Waals surface area contributed by atoms with Crippen molar-refractivity contribution in [3.05, 3.63) is 11.1 Å². The van der Waals surface area contributed by atoms with Crippen LogP contribution in [0.2, 0.25) is 0 Å². The summed E-state index contributed by atoms with van der Waals surface area (Å²) in [6.07, 6.45) is 2.82. The van der Waals surface area contributed by atoms with Crippen LogP contribution in [0.1, 0.15) is 27.2 Å². The number of rotatable bonds is 7. The predicted octanol–water partition coefficient (Wildman–Crippen LogP) is 3.79. The molecule has 5 heteroatoms. The summed E-state index contributed by atoms with van der Waals surface area (Å²) < 4.78 is 22.1. The first-order chi connectivity index (χ1) is 6.54. The third kappa shape index (κ3) is 6.61. The molecular weight excluding hydrogens is 223 g/mol. The summed E-state index contributed by atoms with van der Waals surface area (Å²) in [5, 5.41) is 0.699. The van der Waals surface area contributed by atoms with Crippen molar-refractivity contribution >= 4 is 19.2 Å². The fraction of sp³-hybridized carbons (Fsp3) is 0.778. The van der Waals surface area contributed by atoms with E-state index in [0.717, 1.165) is 0 Å². The van der Waals surface area contributed by atoms with Crippen molar-refractivity contribution in [2.45, 2.75) is 27.2 Å². The van der Waals surface area contributed by atoms with Gasteiger partial charge >= 0.3 is 7.60 Å². The fourth-order valence-electron chi connectivity index (χ4n) is 0.981. The Morgan fingerprint density at radius 2 is 1.86 bits per heavy atom. The topological polar surface area (TPSA) is 35.5 Å². The minimum absolute atomic E-state index is 0.388.